The monoisotopic (exact) mass is 257 g/mol. The zero-order valence-corrected chi connectivity index (χ0v) is 8.26. The fraction of sp³-hybridized carbons (Fsp3) is 0. The minimum atomic E-state index is -0.658. The van der Waals surface area contributed by atoms with Gasteiger partial charge in [0.2, 0.25) is 0 Å². The number of halogens is 4. The van der Waals surface area contributed by atoms with Gasteiger partial charge in [-0.05, 0) is 22.0 Å². The van der Waals surface area contributed by atoms with Crippen LogP contribution >= 0.6 is 39.1 Å². The molecule has 0 unspecified atom stereocenters. The van der Waals surface area contributed by atoms with Gasteiger partial charge in [-0.2, -0.15) is 0 Å². The van der Waals surface area contributed by atoms with Crippen molar-refractivity contribution in [1.82, 2.24) is 0 Å². The molecule has 5 heteroatoms. The molecule has 0 heterocycles. The highest BCUT2D eigenvalue weighted by Gasteiger charge is 2.11. The number of benzene rings is 1. The van der Waals surface area contributed by atoms with Gasteiger partial charge in [-0.25, -0.2) is 4.39 Å². The first-order valence-corrected chi connectivity index (χ1v) is 4.17. The molecule has 0 saturated heterocycles. The van der Waals surface area contributed by atoms with Crippen LogP contribution < -0.4 is 5.73 Å². The van der Waals surface area contributed by atoms with E-state index >= 15 is 0 Å². The molecule has 1 rings (SSSR count). The van der Waals surface area contributed by atoms with Crippen molar-refractivity contribution in [2.75, 3.05) is 5.73 Å². The van der Waals surface area contributed by atoms with Crippen molar-refractivity contribution in [3.8, 4) is 0 Å². The van der Waals surface area contributed by atoms with Gasteiger partial charge in [0.1, 0.15) is 0 Å². The summed E-state index contributed by atoms with van der Waals surface area (Å²) in [5, 5.41) is -0.161. The van der Waals surface area contributed by atoms with E-state index in [0.717, 1.165) is 0 Å². The number of nitrogens with two attached hydrogens (primary N) is 1. The van der Waals surface area contributed by atoms with Crippen LogP contribution in [0.4, 0.5) is 10.1 Å². The summed E-state index contributed by atoms with van der Waals surface area (Å²) in [5.41, 5.74) is 5.73. The zero-order chi connectivity index (χ0) is 8.59. The van der Waals surface area contributed by atoms with E-state index < -0.39 is 5.82 Å². The SMILES string of the molecule is Nc1cc(Cl)c(F)c(Cl)c1Br. The molecule has 60 valence electrons. The van der Waals surface area contributed by atoms with Crippen molar-refractivity contribution in [3.63, 3.8) is 0 Å². The minimum absolute atomic E-state index is 0.0734. The van der Waals surface area contributed by atoms with Crippen LogP contribution in [0.2, 0.25) is 10.0 Å². The van der Waals surface area contributed by atoms with E-state index in [4.69, 9.17) is 28.9 Å². The number of hydrogen-bond donors (Lipinski definition) is 1. The molecule has 0 saturated carbocycles. The predicted molar refractivity (Wildman–Crippen MR) is 48.5 cm³/mol. The fourth-order valence-corrected chi connectivity index (χ4v) is 1.35. The lowest BCUT2D eigenvalue weighted by Gasteiger charge is -2.02. The molecule has 0 aliphatic rings. The Balaban J connectivity index is 3.46. The van der Waals surface area contributed by atoms with Crippen molar-refractivity contribution in [3.05, 3.63) is 26.4 Å². The van der Waals surface area contributed by atoms with Crippen molar-refractivity contribution in [1.29, 1.82) is 0 Å². The number of rotatable bonds is 0. The maximum Gasteiger partial charge on any atom is 0.161 e. The Bertz CT molecular complexity index is 277. The summed E-state index contributed by atoms with van der Waals surface area (Å²) in [6.45, 7) is 0. The molecule has 0 fully saturated rings. The van der Waals surface area contributed by atoms with E-state index in [2.05, 4.69) is 15.9 Å². The van der Waals surface area contributed by atoms with Gasteiger partial charge in [0, 0.05) is 5.69 Å². The van der Waals surface area contributed by atoms with Gasteiger partial charge in [-0.1, -0.05) is 23.2 Å². The van der Waals surface area contributed by atoms with Crippen LogP contribution in [0, 0.1) is 5.82 Å². The second-order valence-corrected chi connectivity index (χ2v) is 3.47. The quantitative estimate of drug-likeness (QED) is 0.430. The van der Waals surface area contributed by atoms with Crippen molar-refractivity contribution in [2.45, 2.75) is 0 Å². The highest BCUT2D eigenvalue weighted by molar-refractivity contribution is 9.10. The Hall–Kier alpha value is 0.01000. The average Bonchev–Trinajstić information content (AvgIpc) is 1.97. The van der Waals surface area contributed by atoms with Crippen LogP contribution in [-0.2, 0) is 0 Å². The van der Waals surface area contributed by atoms with Crippen molar-refractivity contribution < 1.29 is 4.39 Å². The van der Waals surface area contributed by atoms with E-state index in [1.54, 1.807) is 0 Å². The Labute approximate surface area is 81.4 Å². The largest absolute Gasteiger partial charge is 0.398 e. The third kappa shape index (κ3) is 1.60. The number of anilines is 1. The minimum Gasteiger partial charge on any atom is -0.398 e. The molecule has 0 atom stereocenters. The summed E-state index contributed by atoms with van der Waals surface area (Å²) in [5.74, 6) is -0.658. The van der Waals surface area contributed by atoms with E-state index in [9.17, 15) is 4.39 Å². The van der Waals surface area contributed by atoms with Crippen LogP contribution in [0.1, 0.15) is 0 Å². The first-order chi connectivity index (χ1) is 5.04. The lowest BCUT2D eigenvalue weighted by atomic mass is 10.3. The molecule has 0 radical (unpaired) electrons. The lowest BCUT2D eigenvalue weighted by Crippen LogP contribution is -1.90. The van der Waals surface area contributed by atoms with Crippen LogP contribution in [-0.4, -0.2) is 0 Å². The number of hydrogen-bond acceptors (Lipinski definition) is 1. The maximum atomic E-state index is 12.8. The average molecular weight is 259 g/mol. The zero-order valence-electron chi connectivity index (χ0n) is 5.17. The lowest BCUT2D eigenvalue weighted by molar-refractivity contribution is 0.628. The summed E-state index contributed by atoms with van der Waals surface area (Å²) >= 11 is 13.9. The summed E-state index contributed by atoms with van der Waals surface area (Å²) in [7, 11) is 0. The highest BCUT2D eigenvalue weighted by atomic mass is 79.9. The Morgan fingerprint density at radius 3 is 2.55 bits per heavy atom. The van der Waals surface area contributed by atoms with E-state index in [0.29, 0.717) is 10.2 Å². The molecule has 11 heavy (non-hydrogen) atoms. The summed E-state index contributed by atoms with van der Waals surface area (Å²) in [6.07, 6.45) is 0. The first-order valence-electron chi connectivity index (χ1n) is 2.62. The van der Waals surface area contributed by atoms with Gasteiger partial charge in [0.05, 0.1) is 14.5 Å². The molecule has 0 bridgehead atoms. The molecule has 0 spiro atoms. The predicted octanol–water partition coefficient (Wildman–Crippen LogP) is 3.48. The molecular weight excluding hydrogens is 256 g/mol. The van der Waals surface area contributed by atoms with Gasteiger partial charge < -0.3 is 5.73 Å². The molecule has 1 aromatic rings. The highest BCUT2D eigenvalue weighted by Crippen LogP contribution is 2.34. The fourth-order valence-electron chi connectivity index (χ4n) is 0.591. The summed E-state index contributed by atoms with van der Waals surface area (Å²) in [4.78, 5) is 0. The smallest absolute Gasteiger partial charge is 0.161 e. The summed E-state index contributed by atoms with van der Waals surface area (Å²) < 4.78 is 13.2. The number of nitrogen functional groups attached to an aromatic ring is 1. The molecule has 1 aromatic carbocycles. The van der Waals surface area contributed by atoms with E-state index in [1.165, 1.54) is 6.07 Å². The third-order valence-corrected chi connectivity index (χ3v) is 2.84. The van der Waals surface area contributed by atoms with Crippen molar-refractivity contribution >= 4 is 44.8 Å². The normalized spacial score (nSPS) is 10.2. The topological polar surface area (TPSA) is 26.0 Å². The molecular formula is C6H3BrCl2FN. The van der Waals surface area contributed by atoms with Crippen LogP contribution in [0.3, 0.4) is 0 Å². The molecule has 0 aliphatic carbocycles. The van der Waals surface area contributed by atoms with Gasteiger partial charge in [-0.15, -0.1) is 0 Å². The first kappa shape index (κ1) is 9.10. The van der Waals surface area contributed by atoms with E-state index in [-0.39, 0.29) is 10.0 Å². The second-order valence-electron chi connectivity index (χ2n) is 1.89. The second kappa shape index (κ2) is 3.17. The van der Waals surface area contributed by atoms with Gasteiger partial charge in [0.15, 0.2) is 5.82 Å². The maximum absolute atomic E-state index is 12.8. The molecule has 0 aromatic heterocycles. The molecule has 2 N–H and O–H groups in total. The molecule has 0 aliphatic heterocycles. The van der Waals surface area contributed by atoms with Crippen molar-refractivity contribution in [2.24, 2.45) is 0 Å². The van der Waals surface area contributed by atoms with Gasteiger partial charge >= 0.3 is 0 Å². The Morgan fingerprint density at radius 2 is 2.00 bits per heavy atom. The Morgan fingerprint density at radius 1 is 1.45 bits per heavy atom. The van der Waals surface area contributed by atoms with E-state index in [1.807, 2.05) is 0 Å². The molecule has 1 nitrogen and oxygen atoms in total. The molecule has 0 amide bonds. The van der Waals surface area contributed by atoms with Crippen LogP contribution in [0.15, 0.2) is 10.5 Å². The van der Waals surface area contributed by atoms with Crippen LogP contribution in [0.5, 0.6) is 0 Å². The van der Waals surface area contributed by atoms with Crippen LogP contribution in [0.25, 0.3) is 0 Å². The summed E-state index contributed by atoms with van der Waals surface area (Å²) in [6, 6.07) is 1.30. The van der Waals surface area contributed by atoms with Gasteiger partial charge in [0.25, 0.3) is 0 Å². The van der Waals surface area contributed by atoms with Gasteiger partial charge in [-0.3, -0.25) is 0 Å². The third-order valence-electron chi connectivity index (χ3n) is 1.13. The Kier molecular flexibility index (Phi) is 2.62. The standard InChI is InChI=1S/C6H3BrCl2FN/c7-4-3(11)1-2(8)6(10)5(4)9/h1H,11H2.